The van der Waals surface area contributed by atoms with E-state index < -0.39 is 0 Å². The first-order valence-corrected chi connectivity index (χ1v) is 6.91. The fourth-order valence-corrected chi connectivity index (χ4v) is 1.97. The van der Waals surface area contributed by atoms with Crippen LogP contribution in [0.4, 0.5) is 5.69 Å². The summed E-state index contributed by atoms with van der Waals surface area (Å²) in [5.74, 6) is 1.57. The number of furan rings is 1. The van der Waals surface area contributed by atoms with Crippen molar-refractivity contribution in [1.82, 2.24) is 4.90 Å². The number of benzene rings is 1. The first kappa shape index (κ1) is 15.1. The van der Waals surface area contributed by atoms with Gasteiger partial charge in [-0.2, -0.15) is 0 Å². The van der Waals surface area contributed by atoms with Gasteiger partial charge in [-0.05, 0) is 50.4 Å². The largest absolute Gasteiger partial charge is 0.494 e. The average molecular weight is 288 g/mol. The van der Waals surface area contributed by atoms with Crippen LogP contribution in [0.3, 0.4) is 0 Å². The van der Waals surface area contributed by atoms with Gasteiger partial charge in [0, 0.05) is 5.69 Å². The third-order valence-electron chi connectivity index (χ3n) is 2.87. The molecule has 0 unspecified atom stereocenters. The summed E-state index contributed by atoms with van der Waals surface area (Å²) < 4.78 is 10.6. The zero-order chi connectivity index (χ0) is 15.1. The van der Waals surface area contributed by atoms with Crippen LogP contribution in [-0.2, 0) is 11.3 Å². The van der Waals surface area contributed by atoms with E-state index in [9.17, 15) is 4.79 Å². The molecule has 0 atom stereocenters. The highest BCUT2D eigenvalue weighted by Gasteiger charge is 2.08. The minimum atomic E-state index is -0.0618. The second kappa shape index (κ2) is 7.50. The van der Waals surface area contributed by atoms with Crippen molar-refractivity contribution in [3.63, 3.8) is 0 Å². The molecule has 0 aliphatic carbocycles. The summed E-state index contributed by atoms with van der Waals surface area (Å²) >= 11 is 0. The van der Waals surface area contributed by atoms with Crippen LogP contribution in [0.1, 0.15) is 12.7 Å². The van der Waals surface area contributed by atoms with Gasteiger partial charge >= 0.3 is 0 Å². The van der Waals surface area contributed by atoms with Crippen LogP contribution in [0, 0.1) is 0 Å². The van der Waals surface area contributed by atoms with E-state index in [0.717, 1.165) is 17.2 Å². The molecule has 2 aromatic rings. The molecule has 0 aliphatic rings. The van der Waals surface area contributed by atoms with Gasteiger partial charge in [-0.15, -0.1) is 0 Å². The number of amides is 1. The highest BCUT2D eigenvalue weighted by molar-refractivity contribution is 5.92. The van der Waals surface area contributed by atoms with Gasteiger partial charge in [-0.3, -0.25) is 9.69 Å². The number of hydrogen-bond donors (Lipinski definition) is 1. The summed E-state index contributed by atoms with van der Waals surface area (Å²) in [4.78, 5) is 13.8. The summed E-state index contributed by atoms with van der Waals surface area (Å²) in [5, 5.41) is 2.85. The monoisotopic (exact) mass is 288 g/mol. The van der Waals surface area contributed by atoms with Crippen molar-refractivity contribution in [1.29, 1.82) is 0 Å². The second-order valence-corrected chi connectivity index (χ2v) is 4.76. The van der Waals surface area contributed by atoms with Gasteiger partial charge in [0.05, 0.1) is 26.0 Å². The highest BCUT2D eigenvalue weighted by Crippen LogP contribution is 2.15. The predicted molar refractivity (Wildman–Crippen MR) is 81.3 cm³/mol. The van der Waals surface area contributed by atoms with Crippen LogP contribution in [0.15, 0.2) is 47.1 Å². The van der Waals surface area contributed by atoms with E-state index in [1.54, 1.807) is 6.26 Å². The highest BCUT2D eigenvalue weighted by atomic mass is 16.5. The zero-order valence-electron chi connectivity index (χ0n) is 12.3. The summed E-state index contributed by atoms with van der Waals surface area (Å²) in [5.41, 5.74) is 0.759. The van der Waals surface area contributed by atoms with Crippen LogP contribution in [-0.4, -0.2) is 31.0 Å². The maximum atomic E-state index is 11.9. The molecule has 1 aromatic carbocycles. The third-order valence-corrected chi connectivity index (χ3v) is 2.87. The molecular weight excluding hydrogens is 268 g/mol. The SMILES string of the molecule is CCOc1ccc(NC(=O)CN(C)Cc2ccco2)cc1. The number of nitrogens with zero attached hydrogens (tertiary/aromatic N) is 1. The molecule has 0 aliphatic heterocycles. The van der Waals surface area contributed by atoms with Crippen molar-refractivity contribution < 1.29 is 13.9 Å². The maximum absolute atomic E-state index is 11.9. The number of nitrogens with one attached hydrogen (secondary N) is 1. The Labute approximate surface area is 124 Å². The molecule has 5 nitrogen and oxygen atoms in total. The Morgan fingerprint density at radius 1 is 1.29 bits per heavy atom. The number of ether oxygens (including phenoxy) is 1. The van der Waals surface area contributed by atoms with E-state index in [2.05, 4.69) is 5.32 Å². The standard InChI is InChI=1S/C16H20N2O3/c1-3-20-14-8-6-13(7-9-14)17-16(19)12-18(2)11-15-5-4-10-21-15/h4-10H,3,11-12H2,1-2H3,(H,17,19). The topological polar surface area (TPSA) is 54.7 Å². The number of anilines is 1. The first-order chi connectivity index (χ1) is 10.2. The van der Waals surface area contributed by atoms with Crippen LogP contribution in [0.2, 0.25) is 0 Å². The van der Waals surface area contributed by atoms with E-state index in [1.807, 2.05) is 55.3 Å². The van der Waals surface area contributed by atoms with E-state index >= 15 is 0 Å². The molecule has 0 spiro atoms. The molecule has 1 N–H and O–H groups in total. The quantitative estimate of drug-likeness (QED) is 0.851. The van der Waals surface area contributed by atoms with Crippen molar-refractivity contribution in [2.24, 2.45) is 0 Å². The summed E-state index contributed by atoms with van der Waals surface area (Å²) in [6, 6.07) is 11.1. The van der Waals surface area contributed by atoms with E-state index in [-0.39, 0.29) is 5.91 Å². The Hall–Kier alpha value is -2.27. The molecule has 1 aromatic heterocycles. The van der Waals surface area contributed by atoms with Crippen LogP contribution in [0.25, 0.3) is 0 Å². The Morgan fingerprint density at radius 3 is 2.67 bits per heavy atom. The lowest BCUT2D eigenvalue weighted by molar-refractivity contribution is -0.117. The summed E-state index contributed by atoms with van der Waals surface area (Å²) in [7, 11) is 1.88. The van der Waals surface area contributed by atoms with E-state index in [1.165, 1.54) is 0 Å². The number of carbonyl (C=O) groups is 1. The smallest absolute Gasteiger partial charge is 0.238 e. The van der Waals surface area contributed by atoms with Gasteiger partial charge in [-0.1, -0.05) is 0 Å². The van der Waals surface area contributed by atoms with Crippen molar-refractivity contribution in [2.75, 3.05) is 25.5 Å². The van der Waals surface area contributed by atoms with E-state index in [0.29, 0.717) is 19.7 Å². The van der Waals surface area contributed by atoms with Crippen molar-refractivity contribution in [3.05, 3.63) is 48.4 Å². The fraction of sp³-hybridized carbons (Fsp3) is 0.312. The first-order valence-electron chi connectivity index (χ1n) is 6.91. The minimum Gasteiger partial charge on any atom is -0.494 e. The zero-order valence-corrected chi connectivity index (χ0v) is 12.3. The van der Waals surface area contributed by atoms with Crippen LogP contribution in [0.5, 0.6) is 5.75 Å². The molecule has 112 valence electrons. The molecule has 21 heavy (non-hydrogen) atoms. The molecule has 1 amide bonds. The molecule has 0 fully saturated rings. The van der Waals surface area contributed by atoms with Crippen molar-refractivity contribution >= 4 is 11.6 Å². The molecule has 0 bridgehead atoms. The lowest BCUT2D eigenvalue weighted by Crippen LogP contribution is -2.29. The maximum Gasteiger partial charge on any atom is 0.238 e. The van der Waals surface area contributed by atoms with Crippen molar-refractivity contribution in [3.8, 4) is 5.75 Å². The summed E-state index contributed by atoms with van der Waals surface area (Å²) in [6.45, 7) is 3.46. The van der Waals surface area contributed by atoms with Gasteiger partial charge in [0.25, 0.3) is 0 Å². The van der Waals surface area contributed by atoms with Crippen LogP contribution >= 0.6 is 0 Å². The minimum absolute atomic E-state index is 0.0618. The van der Waals surface area contributed by atoms with Gasteiger partial charge in [0.15, 0.2) is 0 Å². The van der Waals surface area contributed by atoms with E-state index in [4.69, 9.17) is 9.15 Å². The molecule has 0 saturated carbocycles. The van der Waals surface area contributed by atoms with Gasteiger partial charge in [0.1, 0.15) is 11.5 Å². The van der Waals surface area contributed by atoms with Crippen molar-refractivity contribution in [2.45, 2.75) is 13.5 Å². The lowest BCUT2D eigenvalue weighted by Gasteiger charge is -2.15. The van der Waals surface area contributed by atoms with Gasteiger partial charge < -0.3 is 14.5 Å². The third kappa shape index (κ3) is 4.96. The van der Waals surface area contributed by atoms with Gasteiger partial charge in [-0.25, -0.2) is 0 Å². The number of carbonyl (C=O) groups excluding carboxylic acids is 1. The average Bonchev–Trinajstić information content (AvgIpc) is 2.93. The fourth-order valence-electron chi connectivity index (χ4n) is 1.97. The number of rotatable bonds is 7. The number of hydrogen-bond acceptors (Lipinski definition) is 4. The molecule has 0 radical (unpaired) electrons. The Kier molecular flexibility index (Phi) is 5.40. The molecule has 0 saturated heterocycles. The normalized spacial score (nSPS) is 10.6. The van der Waals surface area contributed by atoms with Crippen LogP contribution < -0.4 is 10.1 Å². The van der Waals surface area contributed by atoms with Gasteiger partial charge in [0.2, 0.25) is 5.91 Å². The lowest BCUT2D eigenvalue weighted by atomic mass is 10.3. The Balaban J connectivity index is 1.80. The number of likely N-dealkylation sites (N-methyl/N-ethyl adjacent to an activating group) is 1. The predicted octanol–water partition coefficient (Wildman–Crippen LogP) is 2.75. The molecule has 5 heteroatoms. The molecular formula is C16H20N2O3. The Bertz CT molecular complexity index is 549. The summed E-state index contributed by atoms with van der Waals surface area (Å²) in [6.07, 6.45) is 1.63. The second-order valence-electron chi connectivity index (χ2n) is 4.76. The molecule has 1 heterocycles. The Morgan fingerprint density at radius 2 is 2.05 bits per heavy atom. The molecule has 2 rings (SSSR count).